The Morgan fingerprint density at radius 1 is 1.07 bits per heavy atom. The third kappa shape index (κ3) is 3.98. The Balaban J connectivity index is 1.80. The van der Waals surface area contributed by atoms with Gasteiger partial charge in [0.25, 0.3) is 5.91 Å². The Morgan fingerprint density at radius 3 is 2.22 bits per heavy atom. The Hall–Kier alpha value is -3.20. The SMILES string of the molecule is CC1C(=O)NC(=O)N1[C@H](C)Cc1c(F)cc(C#Cc2ccccc2)cc1F. The van der Waals surface area contributed by atoms with Crippen molar-refractivity contribution in [1.29, 1.82) is 0 Å². The van der Waals surface area contributed by atoms with Gasteiger partial charge >= 0.3 is 6.03 Å². The minimum atomic E-state index is -0.724. The molecular formula is C21H18F2N2O2. The van der Waals surface area contributed by atoms with Crippen LogP contribution in [0.25, 0.3) is 0 Å². The molecular weight excluding hydrogens is 350 g/mol. The van der Waals surface area contributed by atoms with Gasteiger partial charge in [0.05, 0.1) is 0 Å². The van der Waals surface area contributed by atoms with Crippen molar-refractivity contribution in [1.82, 2.24) is 10.2 Å². The molecule has 1 N–H and O–H groups in total. The number of hydrogen-bond donors (Lipinski definition) is 1. The standard InChI is InChI=1S/C21H18F2N2O2/c1-13(25-14(2)20(26)24-21(25)27)10-17-18(22)11-16(12-19(17)23)9-8-15-6-4-3-5-7-15/h3-7,11-14H,10H2,1-2H3,(H,24,26,27)/t13-,14?/m1/s1. The smallest absolute Gasteiger partial charge is 0.310 e. The highest BCUT2D eigenvalue weighted by Gasteiger charge is 2.38. The van der Waals surface area contributed by atoms with Crippen LogP contribution in [0.15, 0.2) is 42.5 Å². The second kappa shape index (κ2) is 7.58. The van der Waals surface area contributed by atoms with Crippen LogP contribution in [0, 0.1) is 23.5 Å². The molecule has 0 radical (unpaired) electrons. The molecule has 1 unspecified atom stereocenters. The zero-order valence-electron chi connectivity index (χ0n) is 14.9. The molecule has 1 aliphatic rings. The molecule has 2 atom stereocenters. The molecule has 2 aromatic rings. The topological polar surface area (TPSA) is 49.4 Å². The van der Waals surface area contributed by atoms with Crippen molar-refractivity contribution in [2.24, 2.45) is 0 Å². The summed E-state index contributed by atoms with van der Waals surface area (Å²) in [6.45, 7) is 3.22. The Bertz CT molecular complexity index is 925. The summed E-state index contributed by atoms with van der Waals surface area (Å²) < 4.78 is 28.9. The van der Waals surface area contributed by atoms with E-state index in [0.717, 1.165) is 5.56 Å². The van der Waals surface area contributed by atoms with E-state index in [0.29, 0.717) is 0 Å². The van der Waals surface area contributed by atoms with Gasteiger partial charge in [0.1, 0.15) is 17.7 Å². The molecule has 3 amide bonds. The van der Waals surface area contributed by atoms with Crippen LogP contribution in [-0.4, -0.2) is 28.9 Å². The van der Waals surface area contributed by atoms with Crippen LogP contribution in [0.4, 0.5) is 13.6 Å². The molecule has 1 saturated heterocycles. The molecule has 6 heteroatoms. The monoisotopic (exact) mass is 368 g/mol. The van der Waals surface area contributed by atoms with Gasteiger partial charge in [0.15, 0.2) is 0 Å². The van der Waals surface area contributed by atoms with Gasteiger partial charge in [0.2, 0.25) is 0 Å². The normalized spacial score (nSPS) is 17.3. The fourth-order valence-corrected chi connectivity index (χ4v) is 3.09. The summed E-state index contributed by atoms with van der Waals surface area (Å²) in [6, 6.07) is 9.72. The molecule has 0 saturated carbocycles. The summed E-state index contributed by atoms with van der Waals surface area (Å²) in [7, 11) is 0. The van der Waals surface area contributed by atoms with Crippen LogP contribution in [0.1, 0.15) is 30.5 Å². The van der Waals surface area contributed by atoms with Gasteiger partial charge in [-0.1, -0.05) is 30.0 Å². The maximum absolute atomic E-state index is 14.5. The number of carbonyl (C=O) groups is 2. The molecule has 0 aliphatic carbocycles. The van der Waals surface area contributed by atoms with Crippen molar-refractivity contribution in [3.05, 3.63) is 70.8 Å². The van der Waals surface area contributed by atoms with Crippen LogP contribution >= 0.6 is 0 Å². The van der Waals surface area contributed by atoms with Crippen LogP contribution in [-0.2, 0) is 11.2 Å². The Morgan fingerprint density at radius 2 is 1.67 bits per heavy atom. The summed E-state index contributed by atoms with van der Waals surface area (Å²) in [5, 5.41) is 2.20. The number of nitrogens with zero attached hydrogens (tertiary/aromatic N) is 1. The van der Waals surface area contributed by atoms with Crippen molar-refractivity contribution < 1.29 is 18.4 Å². The van der Waals surface area contributed by atoms with Gasteiger partial charge in [0, 0.05) is 22.7 Å². The third-order valence-corrected chi connectivity index (χ3v) is 4.50. The molecule has 4 nitrogen and oxygen atoms in total. The Labute approximate surface area is 156 Å². The fourth-order valence-electron chi connectivity index (χ4n) is 3.09. The van der Waals surface area contributed by atoms with E-state index in [2.05, 4.69) is 17.2 Å². The number of benzene rings is 2. The Kier molecular flexibility index (Phi) is 5.22. The summed E-state index contributed by atoms with van der Waals surface area (Å²) in [4.78, 5) is 24.7. The zero-order valence-corrected chi connectivity index (χ0v) is 14.9. The van der Waals surface area contributed by atoms with Crippen molar-refractivity contribution in [3.63, 3.8) is 0 Å². The van der Waals surface area contributed by atoms with Gasteiger partial charge < -0.3 is 4.90 Å². The number of amides is 3. The predicted molar refractivity (Wildman–Crippen MR) is 96.8 cm³/mol. The highest BCUT2D eigenvalue weighted by molar-refractivity contribution is 6.04. The molecule has 1 aliphatic heterocycles. The van der Waals surface area contributed by atoms with E-state index in [4.69, 9.17) is 0 Å². The summed E-state index contributed by atoms with van der Waals surface area (Å²) in [6.07, 6.45) is -0.0465. The maximum Gasteiger partial charge on any atom is 0.325 e. The molecule has 0 bridgehead atoms. The van der Waals surface area contributed by atoms with Crippen molar-refractivity contribution in [3.8, 4) is 11.8 Å². The summed E-state index contributed by atoms with van der Waals surface area (Å²) in [5.74, 6) is 3.74. The third-order valence-electron chi connectivity index (χ3n) is 4.50. The number of carbonyl (C=O) groups excluding carboxylic acids is 2. The van der Waals surface area contributed by atoms with Crippen LogP contribution in [0.2, 0.25) is 0 Å². The van der Waals surface area contributed by atoms with Crippen molar-refractivity contribution >= 4 is 11.9 Å². The van der Waals surface area contributed by atoms with Gasteiger partial charge in [-0.2, -0.15) is 0 Å². The molecule has 1 fully saturated rings. The van der Waals surface area contributed by atoms with Crippen LogP contribution < -0.4 is 5.32 Å². The lowest BCUT2D eigenvalue weighted by Gasteiger charge is -2.26. The van der Waals surface area contributed by atoms with Crippen molar-refractivity contribution in [2.75, 3.05) is 0 Å². The summed E-state index contributed by atoms with van der Waals surface area (Å²) >= 11 is 0. The maximum atomic E-state index is 14.5. The van der Waals surface area contributed by atoms with Gasteiger partial charge in [-0.15, -0.1) is 0 Å². The first-order valence-electron chi connectivity index (χ1n) is 8.55. The molecule has 2 aromatic carbocycles. The number of hydrogen-bond acceptors (Lipinski definition) is 2. The van der Waals surface area contributed by atoms with E-state index in [-0.39, 0.29) is 17.5 Å². The van der Waals surface area contributed by atoms with E-state index in [9.17, 15) is 18.4 Å². The van der Waals surface area contributed by atoms with Gasteiger partial charge in [-0.3, -0.25) is 10.1 Å². The molecule has 1 heterocycles. The first-order chi connectivity index (χ1) is 12.9. The molecule has 0 spiro atoms. The first kappa shape index (κ1) is 18.6. The lowest BCUT2D eigenvalue weighted by atomic mass is 10.0. The first-order valence-corrected chi connectivity index (χ1v) is 8.55. The number of urea groups is 1. The quantitative estimate of drug-likeness (QED) is 0.668. The van der Waals surface area contributed by atoms with Crippen LogP contribution in [0.3, 0.4) is 0 Å². The second-order valence-electron chi connectivity index (χ2n) is 6.47. The zero-order chi connectivity index (χ0) is 19.6. The summed E-state index contributed by atoms with van der Waals surface area (Å²) in [5.41, 5.74) is 0.842. The highest BCUT2D eigenvalue weighted by Crippen LogP contribution is 2.21. The largest absolute Gasteiger partial charge is 0.325 e. The lowest BCUT2D eigenvalue weighted by Crippen LogP contribution is -2.41. The number of nitrogens with one attached hydrogen (secondary N) is 1. The van der Waals surface area contributed by atoms with E-state index in [1.807, 2.05) is 18.2 Å². The van der Waals surface area contributed by atoms with E-state index < -0.39 is 35.7 Å². The number of halogens is 2. The molecule has 27 heavy (non-hydrogen) atoms. The van der Waals surface area contributed by atoms with E-state index in [1.165, 1.54) is 17.0 Å². The van der Waals surface area contributed by atoms with E-state index >= 15 is 0 Å². The lowest BCUT2D eigenvalue weighted by molar-refractivity contribution is -0.121. The average Bonchev–Trinajstić information content (AvgIpc) is 2.89. The van der Waals surface area contributed by atoms with Crippen LogP contribution in [0.5, 0.6) is 0 Å². The van der Waals surface area contributed by atoms with Gasteiger partial charge in [-0.25, -0.2) is 13.6 Å². The fraction of sp³-hybridized carbons (Fsp3) is 0.238. The highest BCUT2D eigenvalue weighted by atomic mass is 19.1. The van der Waals surface area contributed by atoms with Crippen molar-refractivity contribution in [2.45, 2.75) is 32.4 Å². The predicted octanol–water partition coefficient (Wildman–Crippen LogP) is 3.24. The van der Waals surface area contributed by atoms with E-state index in [1.54, 1.807) is 26.0 Å². The number of imide groups is 1. The number of rotatable bonds is 3. The minimum Gasteiger partial charge on any atom is -0.310 e. The molecule has 138 valence electrons. The average molecular weight is 368 g/mol. The second-order valence-corrected chi connectivity index (χ2v) is 6.47. The minimum absolute atomic E-state index is 0.0465. The van der Waals surface area contributed by atoms with Gasteiger partial charge in [-0.05, 0) is 44.5 Å². The molecule has 0 aromatic heterocycles. The molecule has 3 rings (SSSR count).